The summed E-state index contributed by atoms with van der Waals surface area (Å²) < 4.78 is 13.3. The number of aromatic nitrogens is 9. The van der Waals surface area contributed by atoms with Crippen LogP contribution >= 0.6 is 0 Å². The lowest BCUT2D eigenvalue weighted by atomic mass is 9.97. The molecule has 0 atom stereocenters. The van der Waals surface area contributed by atoms with E-state index >= 15 is 0 Å². The summed E-state index contributed by atoms with van der Waals surface area (Å²) in [6.45, 7) is 11.2. The van der Waals surface area contributed by atoms with Crippen LogP contribution in [0.15, 0.2) is 71.9 Å². The number of fused-ring (bicyclic) bond motifs is 3. The second-order valence-electron chi connectivity index (χ2n) is 17.1. The number of benzene rings is 2. The molecule has 22 heteroatoms. The Hall–Kier alpha value is -7.40. The van der Waals surface area contributed by atoms with E-state index < -0.39 is 12.5 Å². The molecule has 352 valence electrons. The van der Waals surface area contributed by atoms with Gasteiger partial charge in [0, 0.05) is 121 Å². The van der Waals surface area contributed by atoms with E-state index in [2.05, 4.69) is 78.0 Å². The Kier molecular flexibility index (Phi) is 13.0. The average Bonchev–Trinajstić information content (AvgIpc) is 3.95. The van der Waals surface area contributed by atoms with Gasteiger partial charge in [0.25, 0.3) is 11.9 Å². The van der Waals surface area contributed by atoms with Gasteiger partial charge in [-0.25, -0.2) is 34.6 Å². The van der Waals surface area contributed by atoms with Gasteiger partial charge in [-0.05, 0) is 41.3 Å². The summed E-state index contributed by atoms with van der Waals surface area (Å²) >= 11 is 0. The van der Waals surface area contributed by atoms with Crippen LogP contribution in [0.25, 0.3) is 33.4 Å². The summed E-state index contributed by atoms with van der Waals surface area (Å²) in [6.07, 6.45) is 8.88. The number of carbonyl (C=O) groups excluding carboxylic acids is 2. The zero-order valence-electron chi connectivity index (χ0n) is 37.6. The molecule has 0 spiro atoms. The first-order valence-electron chi connectivity index (χ1n) is 22.8. The number of anilines is 4. The van der Waals surface area contributed by atoms with E-state index in [1.807, 2.05) is 27.8 Å². The second-order valence-corrected chi connectivity index (χ2v) is 17.1. The first-order chi connectivity index (χ1) is 33.2. The van der Waals surface area contributed by atoms with Crippen LogP contribution in [0.3, 0.4) is 0 Å². The molecule has 0 bridgehead atoms. The third kappa shape index (κ3) is 9.83. The van der Waals surface area contributed by atoms with E-state index in [9.17, 15) is 9.59 Å². The van der Waals surface area contributed by atoms with Crippen molar-refractivity contribution in [1.29, 1.82) is 0 Å². The minimum Gasteiger partial charge on any atom is -0.424 e. The van der Waals surface area contributed by atoms with Crippen molar-refractivity contribution in [2.24, 2.45) is 0 Å². The number of nitrogens with one attached hydrogen (secondary N) is 1. The Morgan fingerprint density at radius 1 is 0.765 bits per heavy atom. The van der Waals surface area contributed by atoms with Gasteiger partial charge < -0.3 is 45.7 Å². The summed E-state index contributed by atoms with van der Waals surface area (Å²) in [5, 5.41) is 17.1. The van der Waals surface area contributed by atoms with Gasteiger partial charge in [0.05, 0.1) is 30.7 Å². The van der Waals surface area contributed by atoms with Crippen LogP contribution in [0.1, 0.15) is 32.6 Å². The Bertz CT molecular complexity index is 2890. The molecule has 0 aliphatic carbocycles. The fraction of sp³-hybridized carbons (Fsp3) is 0.391. The van der Waals surface area contributed by atoms with E-state index in [-0.39, 0.29) is 18.5 Å². The molecule has 22 nitrogen and oxygen atoms in total. The van der Waals surface area contributed by atoms with Gasteiger partial charge in [0.1, 0.15) is 30.0 Å². The highest BCUT2D eigenvalue weighted by Crippen LogP contribution is 2.33. The number of rotatable bonds is 15. The maximum atomic E-state index is 13.7. The van der Waals surface area contributed by atoms with Crippen LogP contribution in [-0.2, 0) is 35.6 Å². The fourth-order valence-corrected chi connectivity index (χ4v) is 8.96. The van der Waals surface area contributed by atoms with E-state index in [1.54, 1.807) is 24.8 Å². The van der Waals surface area contributed by atoms with E-state index in [1.165, 1.54) is 11.9 Å². The van der Waals surface area contributed by atoms with Gasteiger partial charge >= 0.3 is 0 Å². The summed E-state index contributed by atoms with van der Waals surface area (Å²) in [4.78, 5) is 67.2. The smallest absolute Gasteiger partial charge is 0.292 e. The van der Waals surface area contributed by atoms with Crippen molar-refractivity contribution < 1.29 is 23.8 Å². The van der Waals surface area contributed by atoms with Crippen LogP contribution in [-0.4, -0.2) is 168 Å². The Morgan fingerprint density at radius 2 is 1.46 bits per heavy atom. The number of hydrogen-bond acceptors (Lipinski definition) is 19. The molecule has 6 N–H and O–H groups in total. The Morgan fingerprint density at radius 3 is 2.15 bits per heavy atom. The molecule has 0 unspecified atom stereocenters. The topological polar surface area (TPSA) is 265 Å². The number of aliphatic hydroxyl groups excluding tert-OH is 1. The van der Waals surface area contributed by atoms with Crippen molar-refractivity contribution in [2.45, 2.75) is 26.1 Å². The summed E-state index contributed by atoms with van der Waals surface area (Å²) in [6, 6.07) is 12.0. The lowest BCUT2D eigenvalue weighted by Crippen LogP contribution is -2.48. The monoisotopic (exact) mass is 923 g/mol. The van der Waals surface area contributed by atoms with Crippen LogP contribution in [0.4, 0.5) is 23.7 Å². The molecule has 5 aromatic heterocycles. The molecule has 3 aliphatic heterocycles. The minimum absolute atomic E-state index is 0.0840. The summed E-state index contributed by atoms with van der Waals surface area (Å²) in [7, 11) is 0. The van der Waals surface area contributed by atoms with Gasteiger partial charge in [-0.3, -0.25) is 19.4 Å². The minimum atomic E-state index is -0.538. The predicted molar refractivity (Wildman–Crippen MR) is 252 cm³/mol. The second kappa shape index (κ2) is 19.8. The van der Waals surface area contributed by atoms with Gasteiger partial charge in [-0.2, -0.15) is 10.1 Å². The van der Waals surface area contributed by atoms with Crippen LogP contribution in [0.2, 0.25) is 0 Å². The number of oxazole rings is 1. The highest BCUT2D eigenvalue weighted by molar-refractivity contribution is 5.99. The molecule has 3 aliphatic rings. The molecule has 2 aromatic carbocycles. The maximum Gasteiger partial charge on any atom is 0.292 e. The first-order valence-corrected chi connectivity index (χ1v) is 22.8. The number of nitrogens with zero attached hydrogens (tertiary/aromatic N) is 14. The van der Waals surface area contributed by atoms with Gasteiger partial charge in [-0.1, -0.05) is 18.2 Å². The third-order valence-electron chi connectivity index (χ3n) is 12.8. The Balaban J connectivity index is 0.651. The predicted octanol–water partition coefficient (Wildman–Crippen LogP) is 1.20. The molecule has 2 amide bonds. The number of ether oxygens (including phenoxy) is 1. The lowest BCUT2D eigenvalue weighted by Gasteiger charge is -2.35. The van der Waals surface area contributed by atoms with E-state index in [4.69, 9.17) is 30.8 Å². The van der Waals surface area contributed by atoms with Crippen molar-refractivity contribution >= 4 is 57.7 Å². The molecular weight excluding hydrogens is 871 g/mol. The molecular formula is C46H53N17O5. The fourth-order valence-electron chi connectivity index (χ4n) is 8.96. The first kappa shape index (κ1) is 44.4. The Labute approximate surface area is 391 Å². The van der Waals surface area contributed by atoms with E-state index in [0.29, 0.717) is 90.4 Å². The highest BCUT2D eigenvalue weighted by Gasteiger charge is 2.26. The van der Waals surface area contributed by atoms with Crippen molar-refractivity contribution in [3.05, 3.63) is 95.3 Å². The molecule has 2 fully saturated rings. The van der Waals surface area contributed by atoms with Crippen molar-refractivity contribution in [1.82, 2.24) is 64.7 Å². The molecule has 0 saturated carbocycles. The zero-order valence-corrected chi connectivity index (χ0v) is 37.6. The molecule has 0 radical (unpaired) electrons. The highest BCUT2D eigenvalue weighted by atomic mass is 16.5. The van der Waals surface area contributed by atoms with Gasteiger partial charge in [0.2, 0.25) is 17.8 Å². The number of nitrogens with two attached hydrogens (primary N) is 2. The van der Waals surface area contributed by atoms with Gasteiger partial charge in [-0.15, -0.1) is 0 Å². The number of hydrogen-bond donors (Lipinski definition) is 4. The number of carbonyl (C=O) groups is 2. The molecule has 7 aromatic rings. The maximum absolute atomic E-state index is 13.7. The molecule has 8 heterocycles. The average molecular weight is 924 g/mol. The van der Waals surface area contributed by atoms with Crippen LogP contribution < -0.4 is 26.6 Å². The SMILES string of the molecule is Nc1nc2cc(-c3nn(Cc4ccc5c(c4)CCN(C(=O)c4cnc(N6CCN(CCOCCN7CCN(c8ncc(CNC(=O)CO)cn8)CC7)CC6)nc4)C5)c4ncnc(N)c34)ccc2o1. The number of amides is 2. The van der Waals surface area contributed by atoms with Crippen molar-refractivity contribution in [3.63, 3.8) is 0 Å². The number of piperazine rings is 2. The molecule has 10 rings (SSSR count). The molecule has 68 heavy (non-hydrogen) atoms. The van der Waals surface area contributed by atoms with Crippen molar-refractivity contribution in [2.75, 3.05) is 113 Å². The number of aliphatic hydroxyl groups is 1. The van der Waals surface area contributed by atoms with E-state index in [0.717, 1.165) is 87.7 Å². The van der Waals surface area contributed by atoms with Crippen molar-refractivity contribution in [3.8, 4) is 11.3 Å². The number of nitrogen functional groups attached to an aromatic ring is 2. The molecule has 2 saturated heterocycles. The van der Waals surface area contributed by atoms with Crippen LogP contribution in [0.5, 0.6) is 0 Å². The summed E-state index contributed by atoms with van der Waals surface area (Å²) in [5.41, 5.74) is 20.0. The normalized spacial score (nSPS) is 15.9. The van der Waals surface area contributed by atoms with Gasteiger partial charge in [0.15, 0.2) is 11.2 Å². The lowest BCUT2D eigenvalue weighted by molar-refractivity contribution is -0.123. The quantitative estimate of drug-likeness (QED) is 0.105. The zero-order chi connectivity index (χ0) is 46.6. The third-order valence-corrected chi connectivity index (χ3v) is 12.8. The standard InChI is InChI=1S/C46H53N17O5/c47-41-39-40(33-3-4-37-36(20-33)56-44(48)68-37)57-63(42(39)55-29-54-41)26-30-1-2-34-27-62(6-5-32(34)19-30)43(66)35-24-52-46(53-25-35)61-13-9-59(10-14-61)16-18-67-17-15-58-7-11-60(12-8-58)45-50-22-31(23-51-45)21-49-38(65)28-64/h1-4,19-20,22-25,29,64H,5-18,21,26-28H2,(H2,48,56)(H,49,65)(H2,47,54,55). The summed E-state index contributed by atoms with van der Waals surface area (Å²) in [5.74, 6) is 1.14. The largest absolute Gasteiger partial charge is 0.424 e. The van der Waals surface area contributed by atoms with Crippen LogP contribution in [0, 0.1) is 0 Å².